The Balaban J connectivity index is 2.10. The Morgan fingerprint density at radius 2 is 1.75 bits per heavy atom. The van der Waals surface area contributed by atoms with Crippen molar-refractivity contribution in [3.8, 4) is 39.8 Å². The van der Waals surface area contributed by atoms with E-state index in [0.717, 1.165) is 11.1 Å². The van der Waals surface area contributed by atoms with Gasteiger partial charge in [0.15, 0.2) is 11.5 Å². The Morgan fingerprint density at radius 1 is 0.958 bits per heavy atom. The number of rotatable bonds is 4. The highest BCUT2D eigenvalue weighted by molar-refractivity contribution is 5.75. The summed E-state index contributed by atoms with van der Waals surface area (Å²) in [5.74, 6) is 1.68. The standard InChI is InChI=1S/C18H17N3O3/c1-23-15-7-6-12(9-16(15)24-2)17-18(19)20-10-14(21-17)11-4-3-5-13(22)8-11/h3-10,22H,1-2H3,(H2,19,20). The molecular formula is C18H17N3O3. The third-order valence-corrected chi connectivity index (χ3v) is 3.60. The van der Waals surface area contributed by atoms with Crippen LogP contribution in [0.15, 0.2) is 48.7 Å². The number of methoxy groups -OCH3 is 2. The summed E-state index contributed by atoms with van der Waals surface area (Å²) in [6.07, 6.45) is 1.58. The zero-order valence-corrected chi connectivity index (χ0v) is 13.4. The number of nitrogens with two attached hydrogens (primary N) is 1. The highest BCUT2D eigenvalue weighted by atomic mass is 16.5. The SMILES string of the molecule is COc1ccc(-c2nc(-c3cccc(O)c3)cnc2N)cc1OC. The number of nitrogen functional groups attached to an aromatic ring is 1. The van der Waals surface area contributed by atoms with Crippen molar-refractivity contribution in [3.05, 3.63) is 48.7 Å². The molecular weight excluding hydrogens is 306 g/mol. The molecule has 0 spiro atoms. The maximum Gasteiger partial charge on any atom is 0.161 e. The molecule has 0 atom stereocenters. The van der Waals surface area contributed by atoms with Gasteiger partial charge < -0.3 is 20.3 Å². The molecule has 0 aliphatic heterocycles. The van der Waals surface area contributed by atoms with E-state index in [1.54, 1.807) is 50.7 Å². The van der Waals surface area contributed by atoms with E-state index in [-0.39, 0.29) is 5.75 Å². The van der Waals surface area contributed by atoms with Crippen molar-refractivity contribution < 1.29 is 14.6 Å². The van der Waals surface area contributed by atoms with Gasteiger partial charge in [-0.25, -0.2) is 9.97 Å². The van der Waals surface area contributed by atoms with Gasteiger partial charge in [-0.1, -0.05) is 12.1 Å². The van der Waals surface area contributed by atoms with Crippen LogP contribution < -0.4 is 15.2 Å². The summed E-state index contributed by atoms with van der Waals surface area (Å²) in [5.41, 5.74) is 8.67. The minimum atomic E-state index is 0.166. The minimum absolute atomic E-state index is 0.166. The number of phenols is 1. The highest BCUT2D eigenvalue weighted by Crippen LogP contribution is 2.34. The molecule has 2 aromatic carbocycles. The van der Waals surface area contributed by atoms with Gasteiger partial charge in [0, 0.05) is 11.1 Å². The lowest BCUT2D eigenvalue weighted by Crippen LogP contribution is -1.99. The van der Waals surface area contributed by atoms with Gasteiger partial charge in [0.25, 0.3) is 0 Å². The van der Waals surface area contributed by atoms with Gasteiger partial charge >= 0.3 is 0 Å². The summed E-state index contributed by atoms with van der Waals surface area (Å²) < 4.78 is 10.6. The first kappa shape index (κ1) is 15.6. The molecule has 122 valence electrons. The topological polar surface area (TPSA) is 90.5 Å². The predicted molar refractivity (Wildman–Crippen MR) is 92.1 cm³/mol. The zero-order chi connectivity index (χ0) is 17.1. The van der Waals surface area contributed by atoms with Crippen LogP contribution in [0.4, 0.5) is 5.82 Å². The van der Waals surface area contributed by atoms with E-state index in [1.807, 2.05) is 12.1 Å². The van der Waals surface area contributed by atoms with Gasteiger partial charge in [-0.2, -0.15) is 0 Å². The fraction of sp³-hybridized carbons (Fsp3) is 0.111. The first-order valence-electron chi connectivity index (χ1n) is 7.26. The van der Waals surface area contributed by atoms with Crippen LogP contribution in [0.25, 0.3) is 22.5 Å². The third kappa shape index (κ3) is 2.94. The molecule has 6 nitrogen and oxygen atoms in total. The second kappa shape index (κ2) is 6.45. The number of hydrogen-bond acceptors (Lipinski definition) is 6. The van der Waals surface area contributed by atoms with Crippen molar-refractivity contribution in [1.82, 2.24) is 9.97 Å². The van der Waals surface area contributed by atoms with Gasteiger partial charge in [-0.05, 0) is 30.3 Å². The number of phenolic OH excluding ortho intramolecular Hbond substituents is 1. The molecule has 6 heteroatoms. The normalized spacial score (nSPS) is 10.4. The number of ether oxygens (including phenoxy) is 2. The van der Waals surface area contributed by atoms with Crippen molar-refractivity contribution in [2.45, 2.75) is 0 Å². The van der Waals surface area contributed by atoms with Crippen LogP contribution >= 0.6 is 0 Å². The second-order valence-electron chi connectivity index (χ2n) is 5.11. The first-order valence-corrected chi connectivity index (χ1v) is 7.26. The average molecular weight is 323 g/mol. The predicted octanol–water partition coefficient (Wildman–Crippen LogP) is 3.12. The van der Waals surface area contributed by atoms with E-state index in [0.29, 0.717) is 28.7 Å². The van der Waals surface area contributed by atoms with Crippen LogP contribution in [0.5, 0.6) is 17.2 Å². The number of aromatic hydroxyl groups is 1. The Kier molecular flexibility index (Phi) is 4.20. The number of anilines is 1. The van der Waals surface area contributed by atoms with E-state index in [4.69, 9.17) is 15.2 Å². The van der Waals surface area contributed by atoms with Crippen LogP contribution in [-0.2, 0) is 0 Å². The molecule has 3 rings (SSSR count). The van der Waals surface area contributed by atoms with E-state index in [1.165, 1.54) is 0 Å². The lowest BCUT2D eigenvalue weighted by Gasteiger charge is -2.11. The van der Waals surface area contributed by atoms with Gasteiger partial charge in [0.05, 0.1) is 26.1 Å². The van der Waals surface area contributed by atoms with Gasteiger partial charge in [-0.15, -0.1) is 0 Å². The van der Waals surface area contributed by atoms with Gasteiger partial charge in [0.2, 0.25) is 0 Å². The Hall–Kier alpha value is -3.28. The molecule has 0 radical (unpaired) electrons. The summed E-state index contributed by atoms with van der Waals surface area (Å²) in [4.78, 5) is 8.81. The van der Waals surface area contributed by atoms with E-state index < -0.39 is 0 Å². The summed E-state index contributed by atoms with van der Waals surface area (Å²) in [6.45, 7) is 0. The van der Waals surface area contributed by atoms with Crippen LogP contribution in [0.1, 0.15) is 0 Å². The van der Waals surface area contributed by atoms with E-state index in [9.17, 15) is 5.11 Å². The number of hydrogen-bond donors (Lipinski definition) is 2. The lowest BCUT2D eigenvalue weighted by molar-refractivity contribution is 0.355. The minimum Gasteiger partial charge on any atom is -0.508 e. The Morgan fingerprint density at radius 3 is 2.46 bits per heavy atom. The average Bonchev–Trinajstić information content (AvgIpc) is 2.61. The molecule has 0 unspecified atom stereocenters. The number of aromatic nitrogens is 2. The van der Waals surface area contributed by atoms with Crippen LogP contribution in [-0.4, -0.2) is 29.3 Å². The zero-order valence-electron chi connectivity index (χ0n) is 13.4. The molecule has 0 bridgehead atoms. The Bertz CT molecular complexity index is 881. The molecule has 3 N–H and O–H groups in total. The molecule has 1 heterocycles. The lowest BCUT2D eigenvalue weighted by atomic mass is 10.1. The van der Waals surface area contributed by atoms with Gasteiger partial charge in [0.1, 0.15) is 17.3 Å². The Labute approximate surface area is 139 Å². The van der Waals surface area contributed by atoms with E-state index >= 15 is 0 Å². The van der Waals surface area contributed by atoms with Crippen molar-refractivity contribution in [2.24, 2.45) is 0 Å². The maximum atomic E-state index is 9.64. The fourth-order valence-electron chi connectivity index (χ4n) is 2.40. The number of benzene rings is 2. The van der Waals surface area contributed by atoms with Crippen molar-refractivity contribution >= 4 is 5.82 Å². The molecule has 0 saturated carbocycles. The summed E-state index contributed by atoms with van der Waals surface area (Å²) >= 11 is 0. The molecule has 0 aliphatic rings. The largest absolute Gasteiger partial charge is 0.508 e. The molecule has 0 fully saturated rings. The van der Waals surface area contributed by atoms with Gasteiger partial charge in [-0.3, -0.25) is 0 Å². The first-order chi connectivity index (χ1) is 11.6. The fourth-order valence-corrected chi connectivity index (χ4v) is 2.40. The quantitative estimate of drug-likeness (QED) is 0.766. The summed E-state index contributed by atoms with van der Waals surface area (Å²) in [5, 5.41) is 9.64. The van der Waals surface area contributed by atoms with Crippen LogP contribution in [0.3, 0.4) is 0 Å². The summed E-state index contributed by atoms with van der Waals surface area (Å²) in [6, 6.07) is 12.2. The van der Waals surface area contributed by atoms with Crippen molar-refractivity contribution in [1.29, 1.82) is 0 Å². The monoisotopic (exact) mass is 323 g/mol. The third-order valence-electron chi connectivity index (χ3n) is 3.60. The van der Waals surface area contributed by atoms with Crippen molar-refractivity contribution in [2.75, 3.05) is 20.0 Å². The second-order valence-corrected chi connectivity index (χ2v) is 5.11. The van der Waals surface area contributed by atoms with Crippen LogP contribution in [0, 0.1) is 0 Å². The molecule has 0 amide bonds. The number of nitrogens with zero attached hydrogens (tertiary/aromatic N) is 2. The highest BCUT2D eigenvalue weighted by Gasteiger charge is 2.12. The molecule has 24 heavy (non-hydrogen) atoms. The van der Waals surface area contributed by atoms with Crippen molar-refractivity contribution in [3.63, 3.8) is 0 Å². The molecule has 1 aromatic heterocycles. The molecule has 3 aromatic rings. The van der Waals surface area contributed by atoms with E-state index in [2.05, 4.69) is 9.97 Å². The summed E-state index contributed by atoms with van der Waals surface area (Å²) in [7, 11) is 3.15. The van der Waals surface area contributed by atoms with Crippen LogP contribution in [0.2, 0.25) is 0 Å². The maximum absolute atomic E-state index is 9.64. The molecule has 0 saturated heterocycles. The molecule has 0 aliphatic carbocycles. The smallest absolute Gasteiger partial charge is 0.161 e.